The first-order valence-corrected chi connectivity index (χ1v) is 5.44. The summed E-state index contributed by atoms with van der Waals surface area (Å²) in [6, 6.07) is 0. The van der Waals surface area contributed by atoms with Gasteiger partial charge in [0.15, 0.2) is 0 Å². The van der Waals surface area contributed by atoms with Gasteiger partial charge in [-0.15, -0.1) is 0 Å². The molecule has 0 saturated carbocycles. The predicted molar refractivity (Wildman–Crippen MR) is 58.1 cm³/mol. The summed E-state index contributed by atoms with van der Waals surface area (Å²) in [4.78, 5) is 0. The van der Waals surface area contributed by atoms with Gasteiger partial charge >= 0.3 is 0 Å². The van der Waals surface area contributed by atoms with Gasteiger partial charge in [0.05, 0.1) is 11.7 Å². The van der Waals surface area contributed by atoms with Gasteiger partial charge in [-0.25, -0.2) is 0 Å². The lowest BCUT2D eigenvalue weighted by Gasteiger charge is -2.29. The van der Waals surface area contributed by atoms with E-state index in [0.29, 0.717) is 6.10 Å². The SMILES string of the molecule is CCNCC(CC)OC(C)(C)CC. The maximum Gasteiger partial charge on any atom is 0.0704 e. The molecule has 0 radical (unpaired) electrons. The van der Waals surface area contributed by atoms with E-state index in [-0.39, 0.29) is 5.60 Å². The van der Waals surface area contributed by atoms with E-state index < -0.39 is 0 Å². The Bertz CT molecular complexity index is 123. The van der Waals surface area contributed by atoms with Gasteiger partial charge in [-0.2, -0.15) is 0 Å². The summed E-state index contributed by atoms with van der Waals surface area (Å²) in [6.07, 6.45) is 2.50. The van der Waals surface area contributed by atoms with E-state index in [0.717, 1.165) is 25.9 Å². The molecule has 1 unspecified atom stereocenters. The van der Waals surface area contributed by atoms with Crippen molar-refractivity contribution < 1.29 is 4.74 Å². The van der Waals surface area contributed by atoms with Crippen LogP contribution in [-0.2, 0) is 4.74 Å². The van der Waals surface area contributed by atoms with E-state index in [1.807, 2.05) is 0 Å². The molecule has 1 N–H and O–H groups in total. The van der Waals surface area contributed by atoms with Gasteiger partial charge < -0.3 is 10.1 Å². The van der Waals surface area contributed by atoms with Crippen LogP contribution < -0.4 is 5.32 Å². The van der Waals surface area contributed by atoms with Gasteiger partial charge in [0.25, 0.3) is 0 Å². The van der Waals surface area contributed by atoms with E-state index >= 15 is 0 Å². The molecule has 2 heteroatoms. The summed E-state index contributed by atoms with van der Waals surface area (Å²) in [5.41, 5.74) is 0.0239. The maximum absolute atomic E-state index is 5.98. The first-order chi connectivity index (χ1) is 6.05. The third-order valence-corrected chi connectivity index (χ3v) is 2.41. The molecule has 0 saturated heterocycles. The Kier molecular flexibility index (Phi) is 6.35. The highest BCUT2D eigenvalue weighted by molar-refractivity contribution is 4.70. The lowest BCUT2D eigenvalue weighted by molar-refractivity contribution is -0.0730. The number of ether oxygens (including phenoxy) is 1. The highest BCUT2D eigenvalue weighted by atomic mass is 16.5. The number of nitrogens with one attached hydrogen (secondary N) is 1. The van der Waals surface area contributed by atoms with Crippen molar-refractivity contribution in [1.82, 2.24) is 5.32 Å². The summed E-state index contributed by atoms with van der Waals surface area (Å²) in [5.74, 6) is 0. The van der Waals surface area contributed by atoms with Crippen LogP contribution in [0.15, 0.2) is 0 Å². The molecule has 0 aliphatic heterocycles. The molecule has 2 nitrogen and oxygen atoms in total. The van der Waals surface area contributed by atoms with Crippen molar-refractivity contribution in [3.05, 3.63) is 0 Å². The van der Waals surface area contributed by atoms with Crippen molar-refractivity contribution in [1.29, 1.82) is 0 Å². The van der Waals surface area contributed by atoms with Gasteiger partial charge in [-0.1, -0.05) is 20.8 Å². The Balaban J connectivity index is 3.82. The lowest BCUT2D eigenvalue weighted by atomic mass is 10.1. The summed E-state index contributed by atoms with van der Waals surface area (Å²) in [5, 5.41) is 3.32. The van der Waals surface area contributed by atoms with E-state index in [1.165, 1.54) is 0 Å². The molecule has 0 heterocycles. The molecule has 0 fully saturated rings. The van der Waals surface area contributed by atoms with Crippen LogP contribution in [0, 0.1) is 0 Å². The first-order valence-electron chi connectivity index (χ1n) is 5.44. The monoisotopic (exact) mass is 187 g/mol. The van der Waals surface area contributed by atoms with Crippen molar-refractivity contribution in [3.63, 3.8) is 0 Å². The fourth-order valence-electron chi connectivity index (χ4n) is 1.11. The number of rotatable bonds is 7. The van der Waals surface area contributed by atoms with Crippen LogP contribution in [-0.4, -0.2) is 24.8 Å². The Morgan fingerprint density at radius 3 is 2.23 bits per heavy atom. The van der Waals surface area contributed by atoms with Crippen LogP contribution in [0.4, 0.5) is 0 Å². The molecular formula is C11H25NO. The van der Waals surface area contributed by atoms with Crippen molar-refractivity contribution in [2.24, 2.45) is 0 Å². The van der Waals surface area contributed by atoms with Gasteiger partial charge in [0.2, 0.25) is 0 Å². The summed E-state index contributed by atoms with van der Waals surface area (Å²) < 4.78 is 5.98. The molecule has 0 aromatic carbocycles. The summed E-state index contributed by atoms with van der Waals surface area (Å²) in [6.45, 7) is 12.8. The average Bonchev–Trinajstić information content (AvgIpc) is 2.12. The quantitative estimate of drug-likeness (QED) is 0.661. The molecule has 0 aromatic heterocycles. The second kappa shape index (κ2) is 6.39. The highest BCUT2D eigenvalue weighted by Crippen LogP contribution is 2.17. The van der Waals surface area contributed by atoms with Crippen LogP contribution in [0.25, 0.3) is 0 Å². The van der Waals surface area contributed by atoms with Crippen molar-refractivity contribution >= 4 is 0 Å². The van der Waals surface area contributed by atoms with Crippen LogP contribution >= 0.6 is 0 Å². The molecule has 0 spiro atoms. The minimum atomic E-state index is 0.0239. The normalized spacial score (nSPS) is 14.5. The van der Waals surface area contributed by atoms with Gasteiger partial charge in [0, 0.05) is 6.54 Å². The molecule has 13 heavy (non-hydrogen) atoms. The van der Waals surface area contributed by atoms with E-state index in [4.69, 9.17) is 4.74 Å². The zero-order valence-corrected chi connectivity index (χ0v) is 9.81. The second-order valence-electron chi connectivity index (χ2n) is 4.07. The van der Waals surface area contributed by atoms with Crippen LogP contribution in [0.1, 0.15) is 47.5 Å². The maximum atomic E-state index is 5.98. The number of hydrogen-bond acceptors (Lipinski definition) is 2. The third-order valence-electron chi connectivity index (χ3n) is 2.41. The van der Waals surface area contributed by atoms with Gasteiger partial charge in [0.1, 0.15) is 0 Å². The van der Waals surface area contributed by atoms with Crippen molar-refractivity contribution in [3.8, 4) is 0 Å². The molecule has 0 aliphatic carbocycles. The second-order valence-corrected chi connectivity index (χ2v) is 4.07. The smallest absolute Gasteiger partial charge is 0.0704 e. The van der Waals surface area contributed by atoms with Crippen LogP contribution in [0.3, 0.4) is 0 Å². The standard InChI is InChI=1S/C11H25NO/c1-6-10(9-12-8-3)13-11(4,5)7-2/h10,12H,6-9H2,1-5H3. The first kappa shape index (κ1) is 12.9. The summed E-state index contributed by atoms with van der Waals surface area (Å²) in [7, 11) is 0. The fraction of sp³-hybridized carbons (Fsp3) is 1.00. The Labute approximate surface area is 83.1 Å². The van der Waals surface area contributed by atoms with E-state index in [1.54, 1.807) is 0 Å². The number of likely N-dealkylation sites (N-methyl/N-ethyl adjacent to an activating group) is 1. The highest BCUT2D eigenvalue weighted by Gasteiger charge is 2.20. The van der Waals surface area contributed by atoms with Crippen LogP contribution in [0.5, 0.6) is 0 Å². The molecule has 1 atom stereocenters. The zero-order chi connectivity index (χ0) is 10.3. The Morgan fingerprint density at radius 2 is 1.85 bits per heavy atom. The third kappa shape index (κ3) is 6.05. The van der Waals surface area contributed by atoms with Gasteiger partial charge in [-0.3, -0.25) is 0 Å². The molecule has 80 valence electrons. The molecular weight excluding hydrogens is 162 g/mol. The lowest BCUT2D eigenvalue weighted by Crippen LogP contribution is -2.36. The Hall–Kier alpha value is -0.0800. The predicted octanol–water partition coefficient (Wildman–Crippen LogP) is 2.58. The van der Waals surface area contributed by atoms with Crippen molar-refractivity contribution in [2.75, 3.05) is 13.1 Å². The topological polar surface area (TPSA) is 21.3 Å². The largest absolute Gasteiger partial charge is 0.371 e. The molecule has 0 aliphatic rings. The molecule has 0 aromatic rings. The van der Waals surface area contributed by atoms with Crippen LogP contribution in [0.2, 0.25) is 0 Å². The molecule has 0 amide bonds. The fourth-order valence-corrected chi connectivity index (χ4v) is 1.11. The van der Waals surface area contributed by atoms with E-state index in [9.17, 15) is 0 Å². The van der Waals surface area contributed by atoms with Crippen molar-refractivity contribution in [2.45, 2.75) is 59.2 Å². The van der Waals surface area contributed by atoms with E-state index in [2.05, 4.69) is 39.9 Å². The number of hydrogen-bond donors (Lipinski definition) is 1. The molecule has 0 rings (SSSR count). The minimum Gasteiger partial charge on any atom is -0.371 e. The summed E-state index contributed by atoms with van der Waals surface area (Å²) >= 11 is 0. The van der Waals surface area contributed by atoms with Gasteiger partial charge in [-0.05, 0) is 33.2 Å². The average molecular weight is 187 g/mol. The zero-order valence-electron chi connectivity index (χ0n) is 9.81. The minimum absolute atomic E-state index is 0.0239. The Morgan fingerprint density at radius 1 is 1.23 bits per heavy atom. The molecule has 0 bridgehead atoms.